The minimum absolute atomic E-state index is 0.0701. The first-order valence-electron chi connectivity index (χ1n) is 8.15. The van der Waals surface area contributed by atoms with Gasteiger partial charge in [0.2, 0.25) is 0 Å². The van der Waals surface area contributed by atoms with Crippen LogP contribution in [-0.4, -0.2) is 26.8 Å². The molecule has 1 amide bonds. The Morgan fingerprint density at radius 1 is 1.33 bits per heavy atom. The van der Waals surface area contributed by atoms with E-state index in [4.69, 9.17) is 5.11 Å². The first-order chi connectivity index (χ1) is 11.5. The van der Waals surface area contributed by atoms with E-state index in [1.165, 1.54) is 0 Å². The molecule has 1 aromatic carbocycles. The van der Waals surface area contributed by atoms with Crippen LogP contribution in [0.1, 0.15) is 47.8 Å². The number of unbranched alkanes of at least 4 members (excludes halogenated alkanes) is 1. The van der Waals surface area contributed by atoms with E-state index in [0.717, 1.165) is 24.9 Å². The van der Waals surface area contributed by atoms with Crippen LogP contribution >= 0.6 is 0 Å². The summed E-state index contributed by atoms with van der Waals surface area (Å²) >= 11 is 0. The first kappa shape index (κ1) is 17.7. The zero-order chi connectivity index (χ0) is 17.5. The van der Waals surface area contributed by atoms with E-state index in [1.807, 2.05) is 19.1 Å². The maximum absolute atomic E-state index is 12.4. The van der Waals surface area contributed by atoms with Gasteiger partial charge < -0.3 is 10.4 Å². The van der Waals surface area contributed by atoms with Crippen molar-refractivity contribution in [2.24, 2.45) is 0 Å². The lowest BCUT2D eigenvalue weighted by molar-refractivity contribution is -0.136. The second kappa shape index (κ2) is 8.29. The fourth-order valence-electron chi connectivity index (χ4n) is 2.43. The Bertz CT molecular complexity index is 722. The van der Waals surface area contributed by atoms with E-state index in [2.05, 4.69) is 17.3 Å². The van der Waals surface area contributed by atoms with Crippen LogP contribution < -0.4 is 5.32 Å². The number of amides is 1. The van der Waals surface area contributed by atoms with Gasteiger partial charge in [-0.05, 0) is 37.5 Å². The third kappa shape index (κ3) is 4.94. The molecule has 6 heteroatoms. The molecular formula is C18H23N3O3. The van der Waals surface area contributed by atoms with Gasteiger partial charge in [0.25, 0.3) is 5.91 Å². The Morgan fingerprint density at radius 2 is 2.12 bits per heavy atom. The number of nitrogens with zero attached hydrogens (tertiary/aromatic N) is 2. The van der Waals surface area contributed by atoms with Crippen LogP contribution in [0.5, 0.6) is 0 Å². The van der Waals surface area contributed by atoms with Crippen molar-refractivity contribution < 1.29 is 14.7 Å². The van der Waals surface area contributed by atoms with Gasteiger partial charge in [0, 0.05) is 24.8 Å². The summed E-state index contributed by atoms with van der Waals surface area (Å²) < 4.78 is 1.80. The lowest BCUT2D eigenvalue weighted by Gasteiger charge is -2.06. The van der Waals surface area contributed by atoms with Gasteiger partial charge in [0.15, 0.2) is 0 Å². The van der Waals surface area contributed by atoms with Gasteiger partial charge in [-0.15, -0.1) is 0 Å². The Kier molecular flexibility index (Phi) is 6.12. The van der Waals surface area contributed by atoms with Crippen LogP contribution in [0, 0.1) is 6.92 Å². The molecule has 0 bridgehead atoms. The van der Waals surface area contributed by atoms with Gasteiger partial charge in [-0.3, -0.25) is 14.3 Å². The number of hydrogen-bond donors (Lipinski definition) is 2. The maximum atomic E-state index is 12.4. The molecule has 0 fully saturated rings. The molecule has 2 N–H and O–H groups in total. The highest BCUT2D eigenvalue weighted by Crippen LogP contribution is 2.15. The minimum Gasteiger partial charge on any atom is -0.481 e. The lowest BCUT2D eigenvalue weighted by atomic mass is 10.1. The number of carboxylic acids is 1. The van der Waals surface area contributed by atoms with Gasteiger partial charge >= 0.3 is 5.97 Å². The number of benzene rings is 1. The van der Waals surface area contributed by atoms with Crippen LogP contribution in [0.3, 0.4) is 0 Å². The molecule has 1 aromatic heterocycles. The third-order valence-electron chi connectivity index (χ3n) is 3.74. The highest BCUT2D eigenvalue weighted by Gasteiger charge is 2.13. The van der Waals surface area contributed by atoms with Crippen LogP contribution in [0.4, 0.5) is 5.69 Å². The van der Waals surface area contributed by atoms with Crippen molar-refractivity contribution in [3.63, 3.8) is 0 Å². The predicted molar refractivity (Wildman–Crippen MR) is 92.2 cm³/mol. The summed E-state index contributed by atoms with van der Waals surface area (Å²) in [7, 11) is 0. The summed E-state index contributed by atoms with van der Waals surface area (Å²) in [5.74, 6) is -1.04. The molecule has 128 valence electrons. The molecule has 24 heavy (non-hydrogen) atoms. The van der Waals surface area contributed by atoms with Crippen molar-refractivity contribution >= 4 is 17.6 Å². The summed E-state index contributed by atoms with van der Waals surface area (Å²) in [5, 5.41) is 16.0. The van der Waals surface area contributed by atoms with Crippen LogP contribution in [0.25, 0.3) is 0 Å². The van der Waals surface area contributed by atoms with Crippen molar-refractivity contribution in [2.45, 2.75) is 46.1 Å². The second-order valence-electron chi connectivity index (χ2n) is 5.79. The highest BCUT2D eigenvalue weighted by molar-refractivity contribution is 6.04. The largest absolute Gasteiger partial charge is 0.481 e. The molecule has 0 radical (unpaired) electrons. The molecule has 0 atom stereocenters. The second-order valence-corrected chi connectivity index (χ2v) is 5.79. The molecule has 0 unspecified atom stereocenters. The van der Waals surface area contributed by atoms with Crippen LogP contribution in [0.15, 0.2) is 30.5 Å². The number of aromatic nitrogens is 2. The normalized spacial score (nSPS) is 10.6. The number of carbonyl (C=O) groups is 2. The molecule has 2 rings (SSSR count). The van der Waals surface area contributed by atoms with Gasteiger partial charge in [-0.1, -0.05) is 25.5 Å². The van der Waals surface area contributed by atoms with E-state index in [0.29, 0.717) is 23.4 Å². The Labute approximate surface area is 141 Å². The van der Waals surface area contributed by atoms with E-state index in [9.17, 15) is 9.59 Å². The van der Waals surface area contributed by atoms with Gasteiger partial charge in [0.1, 0.15) is 0 Å². The molecule has 0 aliphatic rings. The smallest absolute Gasteiger partial charge is 0.303 e. The van der Waals surface area contributed by atoms with E-state index < -0.39 is 5.97 Å². The van der Waals surface area contributed by atoms with Gasteiger partial charge in [-0.2, -0.15) is 5.10 Å². The first-order valence-corrected chi connectivity index (χ1v) is 8.15. The molecule has 0 saturated carbocycles. The van der Waals surface area contributed by atoms with E-state index in [1.54, 1.807) is 23.0 Å². The number of aryl methyl sites for hydroxylation is 3. The number of nitrogens with one attached hydrogen (secondary N) is 1. The molecular weight excluding hydrogens is 306 g/mol. The maximum Gasteiger partial charge on any atom is 0.303 e. The fraction of sp³-hybridized carbons (Fsp3) is 0.389. The topological polar surface area (TPSA) is 84.2 Å². The number of anilines is 1. The summed E-state index contributed by atoms with van der Waals surface area (Å²) in [6.07, 6.45) is 4.37. The molecule has 6 nitrogen and oxygen atoms in total. The molecule has 1 heterocycles. The summed E-state index contributed by atoms with van der Waals surface area (Å²) in [6, 6.07) is 7.26. The van der Waals surface area contributed by atoms with Gasteiger partial charge in [-0.25, -0.2) is 0 Å². The highest BCUT2D eigenvalue weighted by atomic mass is 16.4. The Morgan fingerprint density at radius 3 is 2.83 bits per heavy atom. The minimum atomic E-state index is -0.834. The number of carbonyl (C=O) groups excluding carboxylic acids is 1. The van der Waals surface area contributed by atoms with Crippen LogP contribution in [-0.2, 0) is 17.8 Å². The zero-order valence-corrected chi connectivity index (χ0v) is 14.1. The SMILES string of the molecule is CCCCn1cc(C(=O)Nc2cccc(CCC(=O)O)c2)c(C)n1. The fourth-order valence-corrected chi connectivity index (χ4v) is 2.43. The predicted octanol–water partition coefficient (Wildman–Crippen LogP) is 3.26. The van der Waals surface area contributed by atoms with Gasteiger partial charge in [0.05, 0.1) is 11.3 Å². The molecule has 0 saturated heterocycles. The van der Waals surface area contributed by atoms with Crippen molar-refractivity contribution in [2.75, 3.05) is 5.32 Å². The number of rotatable bonds is 8. The molecule has 0 aliphatic heterocycles. The van der Waals surface area contributed by atoms with E-state index in [-0.39, 0.29) is 12.3 Å². The molecule has 0 spiro atoms. The third-order valence-corrected chi connectivity index (χ3v) is 3.74. The number of hydrogen-bond acceptors (Lipinski definition) is 3. The molecule has 2 aromatic rings. The Balaban J connectivity index is 2.05. The number of aliphatic carboxylic acids is 1. The van der Waals surface area contributed by atoms with Crippen molar-refractivity contribution in [1.29, 1.82) is 0 Å². The lowest BCUT2D eigenvalue weighted by Crippen LogP contribution is -2.12. The van der Waals surface area contributed by atoms with E-state index >= 15 is 0 Å². The standard InChI is InChI=1S/C18H23N3O3/c1-3-4-10-21-12-16(13(2)20-21)18(24)19-15-7-5-6-14(11-15)8-9-17(22)23/h5-7,11-12H,3-4,8-10H2,1-2H3,(H,19,24)(H,22,23). The Hall–Kier alpha value is -2.63. The summed E-state index contributed by atoms with van der Waals surface area (Å²) in [5.41, 5.74) is 2.79. The monoisotopic (exact) mass is 329 g/mol. The number of carboxylic acid groups (broad SMARTS) is 1. The summed E-state index contributed by atoms with van der Waals surface area (Å²) in [4.78, 5) is 23.1. The van der Waals surface area contributed by atoms with Crippen molar-refractivity contribution in [1.82, 2.24) is 9.78 Å². The summed E-state index contributed by atoms with van der Waals surface area (Å²) in [6.45, 7) is 4.73. The van der Waals surface area contributed by atoms with Crippen LogP contribution in [0.2, 0.25) is 0 Å². The average Bonchev–Trinajstić information content (AvgIpc) is 2.92. The zero-order valence-electron chi connectivity index (χ0n) is 14.1. The molecule has 0 aliphatic carbocycles. The average molecular weight is 329 g/mol. The van der Waals surface area contributed by atoms with Crippen molar-refractivity contribution in [3.05, 3.63) is 47.3 Å². The quantitative estimate of drug-likeness (QED) is 0.778. The van der Waals surface area contributed by atoms with Crippen molar-refractivity contribution in [3.8, 4) is 0 Å².